The van der Waals surface area contributed by atoms with E-state index in [-0.39, 0.29) is 5.82 Å². The number of nitrogens with zero attached hydrogens (tertiary/aromatic N) is 3. The molecule has 0 aliphatic carbocycles. The van der Waals surface area contributed by atoms with E-state index in [2.05, 4.69) is 10.2 Å². The van der Waals surface area contributed by atoms with Crippen molar-refractivity contribution in [3.63, 3.8) is 0 Å². The average Bonchev–Trinajstić information content (AvgIpc) is 2.58. The minimum atomic E-state index is -0.362. The summed E-state index contributed by atoms with van der Waals surface area (Å²) in [6.45, 7) is 1.83. The van der Waals surface area contributed by atoms with Crippen LogP contribution in [0.1, 0.15) is 5.56 Å². The van der Waals surface area contributed by atoms with E-state index in [0.717, 1.165) is 5.56 Å². The number of aryl methyl sites for hydroxylation is 1. The van der Waals surface area contributed by atoms with Crippen LogP contribution in [0.2, 0.25) is 0 Å². The summed E-state index contributed by atoms with van der Waals surface area (Å²) in [6.07, 6.45) is 1.58. The molecule has 4 nitrogen and oxygen atoms in total. The molecule has 0 aliphatic heterocycles. The molecule has 0 bridgehead atoms. The van der Waals surface area contributed by atoms with E-state index in [1.807, 2.05) is 6.92 Å². The predicted octanol–water partition coefficient (Wildman–Crippen LogP) is 1.51. The van der Waals surface area contributed by atoms with Gasteiger partial charge in [-0.3, -0.25) is 0 Å². The van der Waals surface area contributed by atoms with Gasteiger partial charge in [-0.2, -0.15) is 15.0 Å². The fourth-order valence-corrected chi connectivity index (χ4v) is 1.44. The van der Waals surface area contributed by atoms with Gasteiger partial charge in [-0.15, -0.1) is 0 Å². The Kier molecular flexibility index (Phi) is 2.15. The number of rotatable bonds is 1. The molecule has 2 aromatic rings. The first-order valence-electron chi connectivity index (χ1n) is 4.50. The van der Waals surface area contributed by atoms with Crippen molar-refractivity contribution in [2.24, 2.45) is 7.05 Å². The molecule has 0 spiro atoms. The largest absolute Gasteiger partial charge is 0.398 e. The van der Waals surface area contributed by atoms with Crippen molar-refractivity contribution in [3.8, 4) is 11.3 Å². The molecule has 0 saturated heterocycles. The Bertz CT molecular complexity index is 504. The molecular weight excluding hydrogens is 195 g/mol. The van der Waals surface area contributed by atoms with Gasteiger partial charge >= 0.3 is 0 Å². The first-order valence-corrected chi connectivity index (χ1v) is 4.50. The molecule has 0 atom stereocenters. The molecule has 0 aliphatic rings. The highest BCUT2D eigenvalue weighted by atomic mass is 19.1. The van der Waals surface area contributed by atoms with E-state index in [4.69, 9.17) is 5.73 Å². The van der Waals surface area contributed by atoms with Gasteiger partial charge in [-0.25, -0.2) is 4.39 Å². The highest BCUT2D eigenvalue weighted by molar-refractivity contribution is 5.69. The van der Waals surface area contributed by atoms with Gasteiger partial charge in [0, 0.05) is 18.3 Å². The molecular formula is C10H11FN4. The lowest BCUT2D eigenvalue weighted by molar-refractivity contribution is 0.628. The Morgan fingerprint density at radius 1 is 1.40 bits per heavy atom. The lowest BCUT2D eigenvalue weighted by Gasteiger charge is -2.05. The second-order valence-electron chi connectivity index (χ2n) is 3.39. The number of nitrogens with two attached hydrogens (primary N) is 1. The Balaban J connectivity index is 2.62. The second kappa shape index (κ2) is 3.34. The van der Waals surface area contributed by atoms with E-state index in [0.29, 0.717) is 16.9 Å². The first-order chi connectivity index (χ1) is 7.08. The van der Waals surface area contributed by atoms with Gasteiger partial charge in [0.1, 0.15) is 11.5 Å². The SMILES string of the molecule is Cc1c(N)cc(F)cc1-c1cnn(C)n1. The normalized spacial score (nSPS) is 10.6. The van der Waals surface area contributed by atoms with Crippen molar-refractivity contribution in [3.05, 3.63) is 29.7 Å². The summed E-state index contributed by atoms with van der Waals surface area (Å²) >= 11 is 0. The summed E-state index contributed by atoms with van der Waals surface area (Å²) in [4.78, 5) is 1.43. The molecule has 0 amide bonds. The molecule has 1 aromatic heterocycles. The third kappa shape index (κ3) is 1.68. The smallest absolute Gasteiger partial charge is 0.125 e. The fourth-order valence-electron chi connectivity index (χ4n) is 1.44. The summed E-state index contributed by atoms with van der Waals surface area (Å²) in [5, 5.41) is 8.04. The topological polar surface area (TPSA) is 56.7 Å². The Morgan fingerprint density at radius 3 is 2.73 bits per heavy atom. The lowest BCUT2D eigenvalue weighted by Crippen LogP contribution is -1.96. The molecule has 78 valence electrons. The molecule has 0 unspecified atom stereocenters. The van der Waals surface area contributed by atoms with Gasteiger partial charge in [-0.1, -0.05) is 0 Å². The lowest BCUT2D eigenvalue weighted by atomic mass is 10.0. The minimum Gasteiger partial charge on any atom is -0.398 e. The van der Waals surface area contributed by atoms with Gasteiger partial charge in [0.05, 0.1) is 6.20 Å². The zero-order valence-electron chi connectivity index (χ0n) is 8.53. The molecule has 2 rings (SSSR count). The minimum absolute atomic E-state index is 0.362. The first kappa shape index (κ1) is 9.64. The van der Waals surface area contributed by atoms with Crippen LogP contribution in [-0.2, 0) is 7.05 Å². The average molecular weight is 206 g/mol. The number of anilines is 1. The number of nitrogen functional groups attached to an aromatic ring is 1. The number of halogens is 1. The molecule has 1 aromatic carbocycles. The monoisotopic (exact) mass is 206 g/mol. The van der Waals surface area contributed by atoms with Crippen LogP contribution in [0.5, 0.6) is 0 Å². The van der Waals surface area contributed by atoms with Gasteiger partial charge in [-0.05, 0) is 24.6 Å². The maximum absolute atomic E-state index is 13.2. The number of benzene rings is 1. The van der Waals surface area contributed by atoms with Gasteiger partial charge in [0.2, 0.25) is 0 Å². The van der Waals surface area contributed by atoms with Gasteiger partial charge in [0.25, 0.3) is 0 Å². The van der Waals surface area contributed by atoms with Crippen LogP contribution in [0.25, 0.3) is 11.3 Å². The maximum Gasteiger partial charge on any atom is 0.125 e. The van der Waals surface area contributed by atoms with E-state index in [1.165, 1.54) is 16.9 Å². The Hall–Kier alpha value is -1.91. The Labute approximate surface area is 86.5 Å². The standard InChI is InChI=1S/C10H11FN4/c1-6-8(3-7(11)4-9(6)12)10-5-13-15(2)14-10/h3-5H,12H2,1-2H3. The van der Waals surface area contributed by atoms with Crippen LogP contribution in [0.15, 0.2) is 18.3 Å². The number of aromatic nitrogens is 3. The molecule has 1 heterocycles. The van der Waals surface area contributed by atoms with Gasteiger partial charge in [0.15, 0.2) is 0 Å². The zero-order valence-corrected chi connectivity index (χ0v) is 8.53. The van der Waals surface area contributed by atoms with E-state index < -0.39 is 0 Å². The summed E-state index contributed by atoms with van der Waals surface area (Å²) in [7, 11) is 1.71. The highest BCUT2D eigenvalue weighted by Gasteiger charge is 2.09. The zero-order chi connectivity index (χ0) is 11.0. The van der Waals surface area contributed by atoms with Crippen LogP contribution in [-0.4, -0.2) is 15.0 Å². The molecule has 0 saturated carbocycles. The van der Waals surface area contributed by atoms with Crippen LogP contribution in [0.4, 0.5) is 10.1 Å². The molecule has 5 heteroatoms. The summed E-state index contributed by atoms with van der Waals surface area (Å²) in [5.41, 5.74) is 8.22. The predicted molar refractivity (Wildman–Crippen MR) is 55.5 cm³/mol. The van der Waals surface area contributed by atoms with Crippen molar-refractivity contribution in [2.45, 2.75) is 6.92 Å². The van der Waals surface area contributed by atoms with Crippen molar-refractivity contribution in [1.82, 2.24) is 15.0 Å². The maximum atomic E-state index is 13.2. The molecule has 2 N–H and O–H groups in total. The second-order valence-corrected chi connectivity index (χ2v) is 3.39. The fraction of sp³-hybridized carbons (Fsp3) is 0.200. The van der Waals surface area contributed by atoms with E-state index >= 15 is 0 Å². The molecule has 0 radical (unpaired) electrons. The third-order valence-corrected chi connectivity index (χ3v) is 2.29. The van der Waals surface area contributed by atoms with Crippen LogP contribution >= 0.6 is 0 Å². The van der Waals surface area contributed by atoms with Crippen molar-refractivity contribution in [2.75, 3.05) is 5.73 Å². The molecule has 0 fully saturated rings. The quantitative estimate of drug-likeness (QED) is 0.719. The van der Waals surface area contributed by atoms with Crippen molar-refractivity contribution >= 4 is 5.69 Å². The van der Waals surface area contributed by atoms with E-state index in [9.17, 15) is 4.39 Å². The molecule has 15 heavy (non-hydrogen) atoms. The van der Waals surface area contributed by atoms with Crippen LogP contribution < -0.4 is 5.73 Å². The third-order valence-electron chi connectivity index (χ3n) is 2.29. The van der Waals surface area contributed by atoms with Gasteiger partial charge < -0.3 is 5.73 Å². The van der Waals surface area contributed by atoms with E-state index in [1.54, 1.807) is 13.2 Å². The van der Waals surface area contributed by atoms with Crippen LogP contribution in [0.3, 0.4) is 0 Å². The highest BCUT2D eigenvalue weighted by Crippen LogP contribution is 2.26. The van der Waals surface area contributed by atoms with Crippen LogP contribution in [0, 0.1) is 12.7 Å². The Morgan fingerprint density at radius 2 is 2.13 bits per heavy atom. The van der Waals surface area contributed by atoms with Crippen molar-refractivity contribution < 1.29 is 4.39 Å². The van der Waals surface area contributed by atoms with Crippen molar-refractivity contribution in [1.29, 1.82) is 0 Å². The summed E-state index contributed by atoms with van der Waals surface area (Å²) in [5.74, 6) is -0.362. The summed E-state index contributed by atoms with van der Waals surface area (Å²) < 4.78 is 13.2. The number of hydrogen-bond acceptors (Lipinski definition) is 3. The summed E-state index contributed by atoms with van der Waals surface area (Å²) in [6, 6.07) is 2.71. The number of hydrogen-bond donors (Lipinski definition) is 1.